The van der Waals surface area contributed by atoms with Crippen molar-refractivity contribution < 1.29 is 16.8 Å². The van der Waals surface area contributed by atoms with Gasteiger partial charge in [-0.15, -0.1) is 9.66 Å². The van der Waals surface area contributed by atoms with Crippen LogP contribution in [0.2, 0.25) is 0 Å². The summed E-state index contributed by atoms with van der Waals surface area (Å²) in [6.45, 7) is 0. The van der Waals surface area contributed by atoms with Crippen molar-refractivity contribution in [2.75, 3.05) is 14.1 Å². The lowest BCUT2D eigenvalue weighted by atomic mass is 11.5. The molecule has 0 aromatic heterocycles. The normalized spacial score (nSPS) is 13.1. The van der Waals surface area contributed by atoms with Crippen LogP contribution in [0.1, 0.15) is 0 Å². The molecule has 0 bridgehead atoms. The van der Waals surface area contributed by atoms with Gasteiger partial charge < -0.3 is 0 Å². The third kappa shape index (κ3) is 5.87. The quantitative estimate of drug-likeness (QED) is 0.303. The molecular weight excluding hydrogens is 222 g/mol. The summed E-state index contributed by atoms with van der Waals surface area (Å²) in [5.41, 5.74) is 4.12. The lowest BCUT2D eigenvalue weighted by Crippen LogP contribution is -2.51. The Balaban J connectivity index is 4.44. The first-order chi connectivity index (χ1) is 5.83. The minimum Gasteiger partial charge on any atom is -0.246 e. The first kappa shape index (κ1) is 12.7. The SMILES string of the molecule is CNNS(=O)(=O)NS(=O)(=O)NNC. The molecule has 0 aliphatic carbocycles. The van der Waals surface area contributed by atoms with Gasteiger partial charge in [-0.05, 0) is 14.1 Å². The van der Waals surface area contributed by atoms with Crippen LogP contribution >= 0.6 is 0 Å². The fourth-order valence-electron chi connectivity index (χ4n) is 0.455. The molecule has 9 nitrogen and oxygen atoms in total. The molecule has 0 radical (unpaired) electrons. The van der Waals surface area contributed by atoms with E-state index in [-0.39, 0.29) is 0 Å². The third-order valence-corrected chi connectivity index (χ3v) is 3.39. The van der Waals surface area contributed by atoms with E-state index in [4.69, 9.17) is 0 Å². The first-order valence-electron chi connectivity index (χ1n) is 2.98. The zero-order chi connectivity index (χ0) is 10.5. The van der Waals surface area contributed by atoms with Crippen LogP contribution in [0.4, 0.5) is 0 Å². The highest BCUT2D eigenvalue weighted by atomic mass is 32.3. The predicted molar refractivity (Wildman–Crippen MR) is 45.4 cm³/mol. The summed E-state index contributed by atoms with van der Waals surface area (Å²) in [7, 11) is -5.68. The van der Waals surface area contributed by atoms with Crippen molar-refractivity contribution >= 4 is 20.4 Å². The molecule has 0 saturated carbocycles. The van der Waals surface area contributed by atoms with Crippen LogP contribution in [0.5, 0.6) is 0 Å². The molecule has 0 atom stereocenters. The number of hydrogen-bond donors (Lipinski definition) is 5. The number of rotatable bonds is 6. The predicted octanol–water partition coefficient (Wildman–Crippen LogP) is -3.49. The van der Waals surface area contributed by atoms with Crippen molar-refractivity contribution in [1.82, 2.24) is 24.6 Å². The van der Waals surface area contributed by atoms with Gasteiger partial charge in [0.25, 0.3) is 0 Å². The van der Waals surface area contributed by atoms with Crippen LogP contribution in [0.3, 0.4) is 0 Å². The van der Waals surface area contributed by atoms with E-state index >= 15 is 0 Å². The molecule has 80 valence electrons. The maximum absolute atomic E-state index is 10.8. The lowest BCUT2D eigenvalue weighted by Gasteiger charge is -2.07. The van der Waals surface area contributed by atoms with Gasteiger partial charge in [-0.2, -0.15) is 16.8 Å². The zero-order valence-electron chi connectivity index (χ0n) is 6.95. The summed E-state index contributed by atoms with van der Waals surface area (Å²) < 4.78 is 44.5. The molecule has 0 rings (SSSR count). The van der Waals surface area contributed by atoms with E-state index < -0.39 is 20.4 Å². The number of nitrogens with one attached hydrogen (secondary N) is 5. The summed E-state index contributed by atoms with van der Waals surface area (Å²) >= 11 is 0. The Labute approximate surface area is 76.6 Å². The van der Waals surface area contributed by atoms with Gasteiger partial charge >= 0.3 is 20.4 Å². The molecule has 0 heterocycles. The third-order valence-electron chi connectivity index (χ3n) is 0.692. The molecule has 0 saturated heterocycles. The standard InChI is InChI=1S/C2H11N5O4S2/c1-3-5-12(8,9)7-13(10,11)6-4-2/h3-7H,1-2H3. The number of hydrazine groups is 2. The second kappa shape index (κ2) is 4.80. The van der Waals surface area contributed by atoms with Gasteiger partial charge in [0, 0.05) is 0 Å². The van der Waals surface area contributed by atoms with E-state index in [0.717, 1.165) is 0 Å². The molecule has 0 spiro atoms. The first-order valence-corrected chi connectivity index (χ1v) is 5.95. The Hall–Kier alpha value is -0.300. The van der Waals surface area contributed by atoms with Crippen molar-refractivity contribution in [2.24, 2.45) is 0 Å². The van der Waals surface area contributed by atoms with E-state index in [1.165, 1.54) is 18.2 Å². The maximum atomic E-state index is 10.8. The monoisotopic (exact) mass is 233 g/mol. The van der Waals surface area contributed by atoms with Crippen molar-refractivity contribution in [1.29, 1.82) is 0 Å². The Bertz CT molecular complexity index is 298. The molecular formula is C2H11N5O4S2. The fraction of sp³-hybridized carbons (Fsp3) is 1.00. The Morgan fingerprint density at radius 1 is 0.769 bits per heavy atom. The summed E-state index contributed by atoms with van der Waals surface area (Å²) in [4.78, 5) is 3.40. The molecule has 0 aromatic carbocycles. The van der Waals surface area contributed by atoms with E-state index in [9.17, 15) is 16.8 Å². The van der Waals surface area contributed by atoms with Gasteiger partial charge in [0.05, 0.1) is 0 Å². The lowest BCUT2D eigenvalue weighted by molar-refractivity contribution is 0.548. The molecule has 0 unspecified atom stereocenters. The van der Waals surface area contributed by atoms with Crippen molar-refractivity contribution in [3.05, 3.63) is 0 Å². The molecule has 11 heteroatoms. The van der Waals surface area contributed by atoms with Crippen molar-refractivity contribution in [2.45, 2.75) is 0 Å². The van der Waals surface area contributed by atoms with Crippen molar-refractivity contribution in [3.63, 3.8) is 0 Å². The van der Waals surface area contributed by atoms with Gasteiger partial charge in [0.15, 0.2) is 0 Å². The highest BCUT2D eigenvalue weighted by Crippen LogP contribution is 1.78. The van der Waals surface area contributed by atoms with E-state index in [1.807, 2.05) is 0 Å². The van der Waals surface area contributed by atoms with E-state index in [2.05, 4.69) is 10.9 Å². The van der Waals surface area contributed by atoms with Gasteiger partial charge in [0.1, 0.15) is 0 Å². The minimum absolute atomic E-state index is 1.28. The Morgan fingerprint density at radius 2 is 1.08 bits per heavy atom. The van der Waals surface area contributed by atoms with Gasteiger partial charge in [-0.25, -0.2) is 10.9 Å². The smallest absolute Gasteiger partial charge is 0.246 e. The average Bonchev–Trinajstić information content (AvgIpc) is 1.82. The van der Waals surface area contributed by atoms with Crippen LogP contribution in [-0.4, -0.2) is 30.9 Å². The second-order valence-electron chi connectivity index (χ2n) is 1.79. The molecule has 0 fully saturated rings. The van der Waals surface area contributed by atoms with Crippen LogP contribution in [0, 0.1) is 0 Å². The van der Waals surface area contributed by atoms with E-state index in [1.54, 1.807) is 9.66 Å². The molecule has 0 amide bonds. The molecule has 0 aromatic rings. The van der Waals surface area contributed by atoms with E-state index in [0.29, 0.717) is 0 Å². The Morgan fingerprint density at radius 3 is 1.31 bits per heavy atom. The van der Waals surface area contributed by atoms with Crippen molar-refractivity contribution in [3.8, 4) is 0 Å². The van der Waals surface area contributed by atoms with Crippen LogP contribution < -0.4 is 24.6 Å². The largest absolute Gasteiger partial charge is 0.303 e. The van der Waals surface area contributed by atoms with Gasteiger partial charge in [-0.3, -0.25) is 0 Å². The van der Waals surface area contributed by atoms with Gasteiger partial charge in [-0.1, -0.05) is 4.13 Å². The summed E-state index contributed by atoms with van der Waals surface area (Å²) in [5, 5.41) is 0. The molecule has 0 aliphatic heterocycles. The summed E-state index contributed by atoms with van der Waals surface area (Å²) in [6.07, 6.45) is 0. The average molecular weight is 233 g/mol. The topological polar surface area (TPSA) is 128 Å². The molecule has 13 heavy (non-hydrogen) atoms. The maximum Gasteiger partial charge on any atom is 0.303 e. The molecule has 5 N–H and O–H groups in total. The molecule has 0 aliphatic rings. The summed E-state index contributed by atoms with van der Waals surface area (Å²) in [5.74, 6) is 0. The summed E-state index contributed by atoms with van der Waals surface area (Å²) in [6, 6.07) is 0. The number of hydrogen-bond acceptors (Lipinski definition) is 6. The highest BCUT2D eigenvalue weighted by Gasteiger charge is 2.18. The van der Waals surface area contributed by atoms with Crippen LogP contribution in [0.25, 0.3) is 0 Å². The van der Waals surface area contributed by atoms with Gasteiger partial charge in [0.2, 0.25) is 0 Å². The zero-order valence-corrected chi connectivity index (χ0v) is 8.58. The van der Waals surface area contributed by atoms with Crippen LogP contribution in [0.15, 0.2) is 0 Å². The highest BCUT2D eigenvalue weighted by molar-refractivity contribution is 8.02. The fourth-order valence-corrected chi connectivity index (χ4v) is 2.48. The minimum atomic E-state index is -4.11. The van der Waals surface area contributed by atoms with Crippen LogP contribution in [-0.2, 0) is 20.4 Å². The Kier molecular flexibility index (Phi) is 4.69. The second-order valence-corrected chi connectivity index (χ2v) is 4.88.